The van der Waals surface area contributed by atoms with Crippen molar-refractivity contribution >= 4 is 23.2 Å². The summed E-state index contributed by atoms with van der Waals surface area (Å²) in [5.41, 5.74) is 4.45. The van der Waals surface area contributed by atoms with Crippen molar-refractivity contribution in [1.82, 2.24) is 0 Å². The number of para-hydroxylation sites is 1. The van der Waals surface area contributed by atoms with E-state index in [2.05, 4.69) is 24.3 Å². The topological polar surface area (TPSA) is 43.2 Å². The van der Waals surface area contributed by atoms with Crippen molar-refractivity contribution in [2.45, 2.75) is 24.9 Å². The molecule has 1 fully saturated rings. The number of anilines is 1. The number of carbonyl (C=O) groups is 1. The van der Waals surface area contributed by atoms with Gasteiger partial charge in [-0.2, -0.15) is 0 Å². The second-order valence-corrected chi connectivity index (χ2v) is 7.73. The molecule has 0 bridgehead atoms. The molecule has 0 aliphatic carbocycles. The quantitative estimate of drug-likeness (QED) is 0.813. The lowest BCUT2D eigenvalue weighted by Crippen LogP contribution is -3.13. The standard InChI is InChI=1S/C21H21ClN2O3/c22-11-17-13-26-21(27-17)18-7-3-4-8-19(18)24(20(21)25)14-23-10-9-15-5-1-2-6-16(15)12-23/h1-8,17H,9-14H2/p+1/t17-,21-/m0/s1. The molecule has 1 spiro atoms. The van der Waals surface area contributed by atoms with Crippen LogP contribution in [0.3, 0.4) is 0 Å². The van der Waals surface area contributed by atoms with Crippen LogP contribution in [0.2, 0.25) is 0 Å². The molecule has 2 aromatic carbocycles. The Bertz CT molecular complexity index is 889. The minimum Gasteiger partial charge on any atom is -0.336 e. The molecule has 1 N–H and O–H groups in total. The van der Waals surface area contributed by atoms with Gasteiger partial charge < -0.3 is 14.4 Å². The number of rotatable bonds is 3. The van der Waals surface area contributed by atoms with Crippen molar-refractivity contribution < 1.29 is 19.2 Å². The number of hydrogen-bond acceptors (Lipinski definition) is 3. The van der Waals surface area contributed by atoms with Gasteiger partial charge in [0.05, 0.1) is 30.8 Å². The van der Waals surface area contributed by atoms with E-state index in [1.807, 2.05) is 29.2 Å². The molecule has 1 amide bonds. The summed E-state index contributed by atoms with van der Waals surface area (Å²) in [5, 5.41) is 0. The fourth-order valence-electron chi connectivity index (χ4n) is 4.39. The monoisotopic (exact) mass is 385 g/mol. The van der Waals surface area contributed by atoms with E-state index >= 15 is 0 Å². The Morgan fingerprint density at radius 1 is 1.15 bits per heavy atom. The van der Waals surface area contributed by atoms with E-state index in [1.165, 1.54) is 16.0 Å². The summed E-state index contributed by atoms with van der Waals surface area (Å²) in [4.78, 5) is 16.6. The van der Waals surface area contributed by atoms with E-state index in [-0.39, 0.29) is 12.0 Å². The molecule has 5 nitrogen and oxygen atoms in total. The Hall–Kier alpha value is -1.92. The Labute approximate surface area is 163 Å². The van der Waals surface area contributed by atoms with Crippen molar-refractivity contribution in [3.63, 3.8) is 0 Å². The summed E-state index contributed by atoms with van der Waals surface area (Å²) in [5.74, 6) is -1.16. The van der Waals surface area contributed by atoms with Gasteiger partial charge in [0.1, 0.15) is 6.54 Å². The highest BCUT2D eigenvalue weighted by molar-refractivity contribution is 6.18. The first kappa shape index (κ1) is 17.2. The summed E-state index contributed by atoms with van der Waals surface area (Å²) in [6, 6.07) is 16.3. The SMILES string of the molecule is O=C1N(C[NH+]2CCc3ccccc3C2)c2ccccc2[C@@]12OC[C@H](CCl)O2. The number of benzene rings is 2. The van der Waals surface area contributed by atoms with E-state index in [0.29, 0.717) is 19.2 Å². The minimum atomic E-state index is -1.33. The van der Waals surface area contributed by atoms with Gasteiger partial charge in [-0.25, -0.2) is 0 Å². The highest BCUT2D eigenvalue weighted by Gasteiger charge is 2.58. The second-order valence-electron chi connectivity index (χ2n) is 7.43. The van der Waals surface area contributed by atoms with Gasteiger partial charge in [0.15, 0.2) is 6.67 Å². The first-order chi connectivity index (χ1) is 13.2. The smallest absolute Gasteiger partial charge is 0.296 e. The van der Waals surface area contributed by atoms with Crippen molar-refractivity contribution in [3.8, 4) is 0 Å². The van der Waals surface area contributed by atoms with Gasteiger partial charge in [-0.1, -0.05) is 42.5 Å². The molecule has 5 rings (SSSR count). The van der Waals surface area contributed by atoms with E-state index < -0.39 is 5.79 Å². The van der Waals surface area contributed by atoms with Crippen LogP contribution in [0, 0.1) is 0 Å². The molecule has 140 valence electrons. The van der Waals surface area contributed by atoms with E-state index in [9.17, 15) is 4.79 Å². The van der Waals surface area contributed by atoms with E-state index in [0.717, 1.165) is 30.8 Å². The summed E-state index contributed by atoms with van der Waals surface area (Å²) in [6.45, 7) is 2.86. The highest BCUT2D eigenvalue weighted by Crippen LogP contribution is 2.46. The third-order valence-electron chi connectivity index (χ3n) is 5.74. The maximum absolute atomic E-state index is 13.4. The molecular formula is C21H22ClN2O3+. The van der Waals surface area contributed by atoms with Crippen LogP contribution >= 0.6 is 11.6 Å². The Morgan fingerprint density at radius 2 is 1.93 bits per heavy atom. The predicted molar refractivity (Wildman–Crippen MR) is 102 cm³/mol. The maximum atomic E-state index is 13.4. The molecule has 3 aliphatic rings. The molecule has 2 aromatic rings. The number of ether oxygens (including phenoxy) is 2. The van der Waals surface area contributed by atoms with Gasteiger partial charge in [-0.3, -0.25) is 9.69 Å². The lowest BCUT2D eigenvalue weighted by molar-refractivity contribution is -0.914. The first-order valence-corrected chi connectivity index (χ1v) is 9.94. The van der Waals surface area contributed by atoms with Crippen LogP contribution in [-0.4, -0.2) is 37.7 Å². The zero-order chi connectivity index (χ0) is 18.4. The Kier molecular flexibility index (Phi) is 4.20. The number of halogens is 1. The fraction of sp³-hybridized carbons (Fsp3) is 0.381. The van der Waals surface area contributed by atoms with E-state index in [1.54, 1.807) is 0 Å². The molecule has 3 atom stereocenters. The average Bonchev–Trinajstić information content (AvgIpc) is 3.25. The number of fused-ring (bicyclic) bond motifs is 3. The zero-order valence-corrected chi connectivity index (χ0v) is 15.7. The van der Waals surface area contributed by atoms with Crippen LogP contribution in [0.5, 0.6) is 0 Å². The average molecular weight is 386 g/mol. The number of quaternary nitrogens is 1. The molecule has 1 unspecified atom stereocenters. The van der Waals surface area contributed by atoms with Crippen LogP contribution in [0.25, 0.3) is 0 Å². The van der Waals surface area contributed by atoms with Gasteiger partial charge >= 0.3 is 0 Å². The summed E-state index contributed by atoms with van der Waals surface area (Å²) in [7, 11) is 0. The highest BCUT2D eigenvalue weighted by atomic mass is 35.5. The van der Waals surface area contributed by atoms with Crippen molar-refractivity contribution in [2.24, 2.45) is 0 Å². The largest absolute Gasteiger partial charge is 0.336 e. The lowest BCUT2D eigenvalue weighted by atomic mass is 10.0. The second kappa shape index (κ2) is 6.60. The van der Waals surface area contributed by atoms with Crippen molar-refractivity contribution in [2.75, 3.05) is 30.6 Å². The zero-order valence-electron chi connectivity index (χ0n) is 15.0. The number of carbonyl (C=O) groups excluding carboxylic acids is 1. The molecule has 1 saturated heterocycles. The van der Waals surface area contributed by atoms with Crippen molar-refractivity contribution in [1.29, 1.82) is 0 Å². The molecular weight excluding hydrogens is 364 g/mol. The van der Waals surface area contributed by atoms with Crippen LogP contribution in [0.4, 0.5) is 5.69 Å². The molecule has 6 heteroatoms. The number of nitrogens with zero attached hydrogens (tertiary/aromatic N) is 1. The fourth-order valence-corrected chi connectivity index (χ4v) is 4.54. The van der Waals surface area contributed by atoms with Gasteiger partial charge in [0, 0.05) is 17.5 Å². The molecule has 0 saturated carbocycles. The third-order valence-corrected chi connectivity index (χ3v) is 6.09. The van der Waals surface area contributed by atoms with Crippen LogP contribution < -0.4 is 9.80 Å². The summed E-state index contributed by atoms with van der Waals surface area (Å²) >= 11 is 5.95. The number of nitrogens with one attached hydrogen (secondary N) is 1. The Morgan fingerprint density at radius 3 is 2.74 bits per heavy atom. The molecule has 27 heavy (non-hydrogen) atoms. The predicted octanol–water partition coefficient (Wildman–Crippen LogP) is 1.44. The van der Waals surface area contributed by atoms with Gasteiger partial charge in [0.2, 0.25) is 0 Å². The van der Waals surface area contributed by atoms with Crippen molar-refractivity contribution in [3.05, 3.63) is 65.2 Å². The van der Waals surface area contributed by atoms with Crippen LogP contribution in [-0.2, 0) is 33.0 Å². The maximum Gasteiger partial charge on any atom is 0.296 e. The van der Waals surface area contributed by atoms with Gasteiger partial charge in [-0.05, 0) is 11.6 Å². The van der Waals surface area contributed by atoms with Crippen LogP contribution in [0.15, 0.2) is 48.5 Å². The molecule has 0 aromatic heterocycles. The molecule has 0 radical (unpaired) electrons. The van der Waals surface area contributed by atoms with Crippen LogP contribution in [0.1, 0.15) is 16.7 Å². The third kappa shape index (κ3) is 2.69. The summed E-state index contributed by atoms with van der Waals surface area (Å²) in [6.07, 6.45) is 0.764. The number of hydrogen-bond donors (Lipinski definition) is 1. The van der Waals surface area contributed by atoms with E-state index in [4.69, 9.17) is 21.1 Å². The van der Waals surface area contributed by atoms with Gasteiger partial charge in [0.25, 0.3) is 11.7 Å². The molecule has 3 aliphatic heterocycles. The normalized spacial score (nSPS) is 29.2. The van der Waals surface area contributed by atoms with Gasteiger partial charge in [-0.15, -0.1) is 11.6 Å². The minimum absolute atomic E-state index is 0.136. The molecule has 3 heterocycles. The number of amides is 1. The first-order valence-electron chi connectivity index (χ1n) is 9.41. The number of alkyl halides is 1. The Balaban J connectivity index is 1.43. The summed E-state index contributed by atoms with van der Waals surface area (Å²) < 4.78 is 11.9. The lowest BCUT2D eigenvalue weighted by Gasteiger charge is -2.30.